The van der Waals surface area contributed by atoms with E-state index in [0.29, 0.717) is 0 Å². The molecule has 25 heavy (non-hydrogen) atoms. The minimum atomic E-state index is 0.130. The molecule has 0 spiro atoms. The molecule has 2 aromatic carbocycles. The molecular formula is C19H19N3O2S. The van der Waals surface area contributed by atoms with E-state index in [1.165, 1.54) is 12.8 Å². The van der Waals surface area contributed by atoms with Crippen molar-refractivity contribution >= 4 is 45.5 Å². The summed E-state index contributed by atoms with van der Waals surface area (Å²) in [6.45, 7) is 0. The molecule has 1 saturated carbocycles. The zero-order chi connectivity index (χ0) is 17.2. The molecule has 6 heteroatoms. The molecule has 3 N–H and O–H groups in total. The van der Waals surface area contributed by atoms with Crippen LogP contribution in [0.2, 0.25) is 0 Å². The van der Waals surface area contributed by atoms with Crippen molar-refractivity contribution in [3.63, 3.8) is 0 Å². The molecule has 0 bridgehead atoms. The minimum absolute atomic E-state index is 0.130. The third-order valence-electron chi connectivity index (χ3n) is 4.50. The number of hydrogen-bond donors (Lipinski definition) is 2. The third-order valence-corrected chi connectivity index (χ3v) is 4.59. The molecule has 0 amide bonds. The summed E-state index contributed by atoms with van der Waals surface area (Å²) in [5.74, 6) is 0.789. The van der Waals surface area contributed by atoms with Crippen LogP contribution < -0.4 is 15.9 Å². The summed E-state index contributed by atoms with van der Waals surface area (Å²) in [4.78, 5) is 0. The lowest BCUT2D eigenvalue weighted by Gasteiger charge is -2.13. The molecule has 4 rings (SSSR count). The molecule has 0 aliphatic heterocycles. The van der Waals surface area contributed by atoms with Gasteiger partial charge in [0, 0.05) is 16.3 Å². The summed E-state index contributed by atoms with van der Waals surface area (Å²) in [6, 6.07) is 11.9. The predicted octanol–water partition coefficient (Wildman–Crippen LogP) is 4.07. The molecule has 3 aromatic rings. The molecule has 5 nitrogen and oxygen atoms in total. The standard InChI is InChI=1S/C19H19N3O2S/c20-19(25)22-21-11-12-9-10-16(23-13-5-1-2-6-13)18-17(12)14-7-3-4-8-15(14)24-18/h3-4,7-11,13H,1-2,5-6H2,(H3,20,22,25)/b21-11-. The Morgan fingerprint density at radius 1 is 1.24 bits per heavy atom. The van der Waals surface area contributed by atoms with Crippen molar-refractivity contribution in [1.29, 1.82) is 0 Å². The van der Waals surface area contributed by atoms with E-state index in [4.69, 9.17) is 27.1 Å². The second kappa shape index (κ2) is 6.72. The first-order valence-corrected chi connectivity index (χ1v) is 8.82. The van der Waals surface area contributed by atoms with E-state index in [-0.39, 0.29) is 11.2 Å². The summed E-state index contributed by atoms with van der Waals surface area (Å²) in [6.07, 6.45) is 6.62. The van der Waals surface area contributed by atoms with Crippen LogP contribution in [0.25, 0.3) is 21.9 Å². The lowest BCUT2D eigenvalue weighted by atomic mass is 10.1. The Labute approximate surface area is 150 Å². The number of rotatable bonds is 4. The van der Waals surface area contributed by atoms with Crippen LogP contribution in [0.15, 0.2) is 45.9 Å². The highest BCUT2D eigenvalue weighted by molar-refractivity contribution is 7.80. The fourth-order valence-electron chi connectivity index (χ4n) is 3.38. The van der Waals surface area contributed by atoms with Crippen molar-refractivity contribution in [1.82, 2.24) is 5.43 Å². The van der Waals surface area contributed by atoms with Crippen LogP contribution >= 0.6 is 12.2 Å². The highest BCUT2D eigenvalue weighted by Crippen LogP contribution is 2.38. The van der Waals surface area contributed by atoms with Gasteiger partial charge in [0.05, 0.1) is 12.3 Å². The number of ether oxygens (including phenoxy) is 1. The number of nitrogens with two attached hydrogens (primary N) is 1. The second-order valence-electron chi connectivity index (χ2n) is 6.21. The minimum Gasteiger partial charge on any atom is -0.486 e. The van der Waals surface area contributed by atoms with E-state index < -0.39 is 0 Å². The number of para-hydroxylation sites is 1. The zero-order valence-electron chi connectivity index (χ0n) is 13.7. The van der Waals surface area contributed by atoms with E-state index >= 15 is 0 Å². The Morgan fingerprint density at radius 2 is 2.04 bits per heavy atom. The van der Waals surface area contributed by atoms with Gasteiger partial charge >= 0.3 is 0 Å². The normalized spacial score (nSPS) is 15.4. The van der Waals surface area contributed by atoms with Gasteiger partial charge in [-0.05, 0) is 56.1 Å². The summed E-state index contributed by atoms with van der Waals surface area (Å²) in [5, 5.41) is 6.24. The third kappa shape index (κ3) is 3.17. The van der Waals surface area contributed by atoms with Crippen LogP contribution in [0, 0.1) is 0 Å². The second-order valence-corrected chi connectivity index (χ2v) is 6.65. The van der Waals surface area contributed by atoms with Crippen molar-refractivity contribution in [2.75, 3.05) is 0 Å². The average Bonchev–Trinajstić information content (AvgIpc) is 3.24. The summed E-state index contributed by atoms with van der Waals surface area (Å²) < 4.78 is 12.3. The van der Waals surface area contributed by atoms with Gasteiger partial charge in [0.25, 0.3) is 0 Å². The van der Waals surface area contributed by atoms with Crippen LogP contribution in [0.1, 0.15) is 31.2 Å². The molecule has 1 aromatic heterocycles. The molecular weight excluding hydrogens is 334 g/mol. The zero-order valence-corrected chi connectivity index (χ0v) is 14.5. The largest absolute Gasteiger partial charge is 0.486 e. The van der Waals surface area contributed by atoms with Gasteiger partial charge in [-0.15, -0.1) is 0 Å². The van der Waals surface area contributed by atoms with Crippen molar-refractivity contribution in [2.24, 2.45) is 10.8 Å². The Balaban J connectivity index is 1.83. The lowest BCUT2D eigenvalue weighted by molar-refractivity contribution is 0.210. The monoisotopic (exact) mass is 353 g/mol. The van der Waals surface area contributed by atoms with Crippen LogP contribution in [0.3, 0.4) is 0 Å². The van der Waals surface area contributed by atoms with Gasteiger partial charge in [0.15, 0.2) is 16.4 Å². The van der Waals surface area contributed by atoms with Crippen molar-refractivity contribution < 1.29 is 9.15 Å². The highest BCUT2D eigenvalue weighted by Gasteiger charge is 2.20. The Hall–Kier alpha value is -2.60. The molecule has 1 aliphatic rings. The fraction of sp³-hybridized carbons (Fsp3) is 0.263. The topological polar surface area (TPSA) is 72.8 Å². The number of fused-ring (bicyclic) bond motifs is 3. The number of nitrogens with one attached hydrogen (secondary N) is 1. The summed E-state index contributed by atoms with van der Waals surface area (Å²) in [7, 11) is 0. The van der Waals surface area contributed by atoms with Crippen LogP contribution in [-0.2, 0) is 0 Å². The molecule has 0 unspecified atom stereocenters. The van der Waals surface area contributed by atoms with Crippen molar-refractivity contribution in [3.8, 4) is 5.75 Å². The maximum atomic E-state index is 6.22. The number of furan rings is 1. The van der Waals surface area contributed by atoms with Crippen LogP contribution in [0.5, 0.6) is 5.75 Å². The van der Waals surface area contributed by atoms with Crippen molar-refractivity contribution in [2.45, 2.75) is 31.8 Å². The summed E-state index contributed by atoms with van der Waals surface area (Å²) >= 11 is 4.78. The molecule has 1 fully saturated rings. The Morgan fingerprint density at radius 3 is 2.84 bits per heavy atom. The lowest BCUT2D eigenvalue weighted by Crippen LogP contribution is -2.24. The van der Waals surface area contributed by atoms with E-state index in [9.17, 15) is 0 Å². The van der Waals surface area contributed by atoms with Gasteiger partial charge in [-0.2, -0.15) is 5.10 Å². The SMILES string of the molecule is NC(=S)N/N=C\c1ccc(OC2CCCC2)c2oc3ccccc3c12. The smallest absolute Gasteiger partial charge is 0.184 e. The maximum Gasteiger partial charge on any atom is 0.184 e. The molecule has 1 aliphatic carbocycles. The number of hydrazone groups is 1. The van der Waals surface area contributed by atoms with E-state index in [1.54, 1.807) is 6.21 Å². The molecule has 1 heterocycles. The molecule has 128 valence electrons. The van der Waals surface area contributed by atoms with Crippen molar-refractivity contribution in [3.05, 3.63) is 42.0 Å². The Bertz CT molecular complexity index is 958. The molecule has 0 saturated heterocycles. The first kappa shape index (κ1) is 15.9. The average molecular weight is 353 g/mol. The van der Waals surface area contributed by atoms with Gasteiger partial charge in [0.2, 0.25) is 0 Å². The van der Waals surface area contributed by atoms with Gasteiger partial charge < -0.3 is 14.9 Å². The molecule has 0 radical (unpaired) electrons. The Kier molecular flexibility index (Phi) is 4.28. The van der Waals surface area contributed by atoms with Gasteiger partial charge in [0.1, 0.15) is 5.58 Å². The predicted molar refractivity (Wildman–Crippen MR) is 104 cm³/mol. The number of nitrogens with zero attached hydrogens (tertiary/aromatic N) is 1. The van der Waals surface area contributed by atoms with E-state index in [2.05, 4.69) is 10.5 Å². The maximum absolute atomic E-state index is 6.22. The van der Waals surface area contributed by atoms with Crippen LogP contribution in [-0.4, -0.2) is 17.4 Å². The van der Waals surface area contributed by atoms with Gasteiger partial charge in [-0.3, -0.25) is 5.43 Å². The molecule has 0 atom stereocenters. The quantitative estimate of drug-likeness (QED) is 0.420. The van der Waals surface area contributed by atoms with Crippen LogP contribution in [0.4, 0.5) is 0 Å². The van der Waals surface area contributed by atoms with Gasteiger partial charge in [-0.25, -0.2) is 0 Å². The van der Waals surface area contributed by atoms with E-state index in [1.807, 2.05) is 36.4 Å². The first-order valence-electron chi connectivity index (χ1n) is 8.42. The number of thiocarbonyl (C=S) groups is 1. The van der Waals surface area contributed by atoms with Gasteiger partial charge in [-0.1, -0.05) is 18.2 Å². The highest BCUT2D eigenvalue weighted by atomic mass is 32.1. The fourth-order valence-corrected chi connectivity index (χ4v) is 3.43. The first-order chi connectivity index (χ1) is 12.2. The number of hydrogen-bond acceptors (Lipinski definition) is 4. The number of benzene rings is 2. The summed E-state index contributed by atoms with van der Waals surface area (Å²) in [5.41, 5.74) is 10.5. The van der Waals surface area contributed by atoms with E-state index in [0.717, 1.165) is 46.1 Å².